The number of amides is 1. The molecule has 2 aliphatic rings. The molecule has 0 spiro atoms. The van der Waals surface area contributed by atoms with Crippen LogP contribution < -0.4 is 0 Å². The molecule has 3 atom stereocenters. The minimum atomic E-state index is -0.277. The summed E-state index contributed by atoms with van der Waals surface area (Å²) in [5.74, 6) is 0.0212. The maximum atomic E-state index is 13.2. The van der Waals surface area contributed by atoms with Crippen LogP contribution in [0.3, 0.4) is 0 Å². The summed E-state index contributed by atoms with van der Waals surface area (Å²) in [6, 6.07) is 9.85. The average Bonchev–Trinajstić information content (AvgIpc) is 3.27. The van der Waals surface area contributed by atoms with Gasteiger partial charge in [-0.2, -0.15) is 0 Å². The number of H-pyrrole nitrogens is 1. The van der Waals surface area contributed by atoms with Crippen molar-refractivity contribution in [3.63, 3.8) is 0 Å². The molecule has 0 radical (unpaired) electrons. The largest absolute Gasteiger partial charge is 0.394 e. The van der Waals surface area contributed by atoms with Crippen molar-refractivity contribution < 1.29 is 19.4 Å². The van der Waals surface area contributed by atoms with Crippen LogP contribution in [-0.2, 0) is 9.47 Å². The fourth-order valence-corrected chi connectivity index (χ4v) is 4.62. The van der Waals surface area contributed by atoms with Gasteiger partial charge in [0.1, 0.15) is 5.69 Å². The number of likely N-dealkylation sites (tertiary alicyclic amines) is 1. The van der Waals surface area contributed by atoms with Gasteiger partial charge in [-0.05, 0) is 37.8 Å². The molecule has 1 amide bonds. The van der Waals surface area contributed by atoms with Crippen LogP contribution in [0, 0.1) is 0 Å². The summed E-state index contributed by atoms with van der Waals surface area (Å²) in [4.78, 5) is 18.4. The van der Waals surface area contributed by atoms with E-state index in [1.54, 1.807) is 7.11 Å². The molecule has 26 heavy (non-hydrogen) atoms. The molecule has 1 saturated heterocycles. The van der Waals surface area contributed by atoms with Crippen LogP contribution in [0.5, 0.6) is 0 Å². The maximum Gasteiger partial charge on any atom is 0.270 e. The number of hydrogen-bond acceptors (Lipinski definition) is 4. The number of ether oxygens (including phenoxy) is 2. The van der Waals surface area contributed by atoms with Crippen molar-refractivity contribution >= 4 is 16.8 Å². The fourth-order valence-electron chi connectivity index (χ4n) is 4.62. The number of rotatable bonds is 5. The topological polar surface area (TPSA) is 74.8 Å². The van der Waals surface area contributed by atoms with E-state index in [9.17, 15) is 4.79 Å². The van der Waals surface area contributed by atoms with E-state index < -0.39 is 0 Å². The molecule has 1 aliphatic carbocycles. The number of carbonyl (C=O) groups is 1. The molecule has 1 aromatic heterocycles. The third-order valence-electron chi connectivity index (χ3n) is 6.01. The Labute approximate surface area is 153 Å². The first kappa shape index (κ1) is 17.5. The molecular formula is C20H26N2O4. The van der Waals surface area contributed by atoms with Crippen LogP contribution in [0.4, 0.5) is 0 Å². The zero-order valence-corrected chi connectivity index (χ0v) is 15.1. The molecule has 2 aromatic rings. The van der Waals surface area contributed by atoms with Crippen LogP contribution in [0.2, 0.25) is 0 Å². The fraction of sp³-hybridized carbons (Fsp3) is 0.550. The second kappa shape index (κ2) is 7.02. The molecule has 6 heteroatoms. The number of aromatic nitrogens is 1. The molecule has 1 aromatic carbocycles. The predicted octanol–water partition coefficient (Wildman–Crippen LogP) is 2.33. The molecule has 6 nitrogen and oxygen atoms in total. The number of nitrogens with zero attached hydrogens (tertiary/aromatic N) is 1. The minimum Gasteiger partial charge on any atom is -0.394 e. The number of nitrogens with one attached hydrogen (secondary N) is 1. The number of carbonyl (C=O) groups excluding carboxylic acids is 1. The molecular weight excluding hydrogens is 332 g/mol. The number of hydrogen-bond donors (Lipinski definition) is 2. The number of aliphatic hydroxyl groups is 1. The zero-order chi connectivity index (χ0) is 18.1. The summed E-state index contributed by atoms with van der Waals surface area (Å²) in [5.41, 5.74) is 1.32. The Morgan fingerprint density at radius 2 is 2.23 bits per heavy atom. The van der Waals surface area contributed by atoms with Crippen molar-refractivity contribution in [1.29, 1.82) is 0 Å². The van der Waals surface area contributed by atoms with Crippen LogP contribution in [0.15, 0.2) is 30.3 Å². The molecule has 0 unspecified atom stereocenters. The Hall–Kier alpha value is -1.89. The third kappa shape index (κ3) is 2.92. The lowest BCUT2D eigenvalue weighted by Gasteiger charge is -2.43. The minimum absolute atomic E-state index is 0.00357. The molecule has 1 saturated carbocycles. The van der Waals surface area contributed by atoms with E-state index in [1.807, 2.05) is 35.2 Å². The van der Waals surface area contributed by atoms with Gasteiger partial charge >= 0.3 is 0 Å². The zero-order valence-electron chi connectivity index (χ0n) is 15.1. The van der Waals surface area contributed by atoms with Gasteiger partial charge in [0.2, 0.25) is 0 Å². The van der Waals surface area contributed by atoms with Crippen molar-refractivity contribution in [1.82, 2.24) is 9.88 Å². The van der Waals surface area contributed by atoms with E-state index in [0.29, 0.717) is 18.8 Å². The highest BCUT2D eigenvalue weighted by molar-refractivity contribution is 5.98. The third-order valence-corrected chi connectivity index (χ3v) is 6.01. The summed E-state index contributed by atoms with van der Waals surface area (Å²) >= 11 is 0. The predicted molar refractivity (Wildman–Crippen MR) is 98.2 cm³/mol. The number of fused-ring (bicyclic) bond motifs is 2. The van der Waals surface area contributed by atoms with Crippen LogP contribution in [0.1, 0.15) is 36.2 Å². The van der Waals surface area contributed by atoms with Crippen molar-refractivity contribution in [2.24, 2.45) is 0 Å². The lowest BCUT2D eigenvalue weighted by molar-refractivity contribution is -0.0992. The van der Waals surface area contributed by atoms with Crippen LogP contribution in [-0.4, -0.2) is 65.5 Å². The molecule has 4 rings (SSSR count). The summed E-state index contributed by atoms with van der Waals surface area (Å²) in [7, 11) is 1.75. The number of aromatic amines is 1. The Balaban J connectivity index is 1.57. The Bertz CT molecular complexity index is 756. The lowest BCUT2D eigenvalue weighted by Crippen LogP contribution is -2.53. The summed E-state index contributed by atoms with van der Waals surface area (Å²) in [6.45, 7) is 1.06. The summed E-state index contributed by atoms with van der Waals surface area (Å²) in [5, 5.41) is 10.1. The van der Waals surface area contributed by atoms with Gasteiger partial charge in [0, 0.05) is 24.6 Å². The SMILES string of the molecule is CO[C@@]12CC[C@H](OCCO)C[C@@H]1N(C(=O)c1cc3ccccc3[nH]1)CC2. The second-order valence-corrected chi connectivity index (χ2v) is 7.29. The first-order chi connectivity index (χ1) is 12.7. The van der Waals surface area contributed by atoms with E-state index in [0.717, 1.165) is 36.6 Å². The number of para-hydroxylation sites is 1. The summed E-state index contributed by atoms with van der Waals surface area (Å²) < 4.78 is 11.7. The maximum absolute atomic E-state index is 13.2. The Morgan fingerprint density at radius 1 is 1.38 bits per heavy atom. The van der Waals surface area contributed by atoms with Gasteiger partial charge in [0.05, 0.1) is 31.0 Å². The van der Waals surface area contributed by atoms with Crippen LogP contribution >= 0.6 is 0 Å². The monoisotopic (exact) mass is 358 g/mol. The highest BCUT2D eigenvalue weighted by atomic mass is 16.5. The van der Waals surface area contributed by atoms with E-state index in [-0.39, 0.29) is 30.3 Å². The van der Waals surface area contributed by atoms with Gasteiger partial charge in [0.15, 0.2) is 0 Å². The van der Waals surface area contributed by atoms with Crippen molar-refractivity contribution in [2.75, 3.05) is 26.9 Å². The van der Waals surface area contributed by atoms with Gasteiger partial charge in [-0.3, -0.25) is 4.79 Å². The van der Waals surface area contributed by atoms with Crippen molar-refractivity contribution in [3.05, 3.63) is 36.0 Å². The van der Waals surface area contributed by atoms with E-state index in [4.69, 9.17) is 14.6 Å². The molecule has 1 aliphatic heterocycles. The van der Waals surface area contributed by atoms with Crippen molar-refractivity contribution in [2.45, 2.75) is 43.4 Å². The van der Waals surface area contributed by atoms with Crippen molar-refractivity contribution in [3.8, 4) is 0 Å². The normalized spacial score (nSPS) is 28.5. The van der Waals surface area contributed by atoms with Gasteiger partial charge in [-0.1, -0.05) is 18.2 Å². The average molecular weight is 358 g/mol. The smallest absolute Gasteiger partial charge is 0.270 e. The van der Waals surface area contributed by atoms with Gasteiger partial charge < -0.3 is 24.5 Å². The number of methoxy groups -OCH3 is 1. The molecule has 2 heterocycles. The Kier molecular flexibility index (Phi) is 4.73. The molecule has 140 valence electrons. The van der Waals surface area contributed by atoms with E-state index >= 15 is 0 Å². The van der Waals surface area contributed by atoms with Gasteiger partial charge in [0.25, 0.3) is 5.91 Å². The summed E-state index contributed by atoms with van der Waals surface area (Å²) in [6.07, 6.45) is 3.44. The lowest BCUT2D eigenvalue weighted by atomic mass is 9.79. The highest BCUT2D eigenvalue weighted by Gasteiger charge is 2.52. The van der Waals surface area contributed by atoms with E-state index in [2.05, 4.69) is 4.98 Å². The van der Waals surface area contributed by atoms with Gasteiger partial charge in [-0.25, -0.2) is 0 Å². The van der Waals surface area contributed by atoms with Crippen LogP contribution in [0.25, 0.3) is 10.9 Å². The first-order valence-electron chi connectivity index (χ1n) is 9.33. The van der Waals surface area contributed by atoms with Gasteiger partial charge in [-0.15, -0.1) is 0 Å². The molecule has 2 N–H and O–H groups in total. The first-order valence-corrected chi connectivity index (χ1v) is 9.33. The number of benzene rings is 1. The van der Waals surface area contributed by atoms with E-state index in [1.165, 1.54) is 0 Å². The standard InChI is InChI=1S/C20H26N2O4/c1-25-20-7-6-15(26-11-10-23)13-18(20)22(9-8-20)19(24)17-12-14-4-2-3-5-16(14)21-17/h2-5,12,15,18,21,23H,6-11,13H2,1H3/t15-,18-,20+/m0/s1. The molecule has 2 fully saturated rings. The second-order valence-electron chi connectivity index (χ2n) is 7.29. The quantitative estimate of drug-likeness (QED) is 0.860. The molecule has 0 bridgehead atoms. The Morgan fingerprint density at radius 3 is 3.00 bits per heavy atom. The number of aliphatic hydroxyl groups excluding tert-OH is 1. The highest BCUT2D eigenvalue weighted by Crippen LogP contribution is 2.43.